The second kappa shape index (κ2) is 7.42. The Morgan fingerprint density at radius 1 is 1.33 bits per heavy atom. The third-order valence-corrected chi connectivity index (χ3v) is 7.03. The largest absolute Gasteiger partial charge is 0.310 e. The van der Waals surface area contributed by atoms with E-state index in [-0.39, 0.29) is 11.3 Å². The number of halogens is 1. The Bertz CT molecular complexity index is 573. The first kappa shape index (κ1) is 17.2. The number of sulfone groups is 1. The lowest BCUT2D eigenvalue weighted by molar-refractivity contribution is 0.275. The van der Waals surface area contributed by atoms with Gasteiger partial charge in [0.1, 0.15) is 9.84 Å². The molecule has 0 amide bonds. The van der Waals surface area contributed by atoms with E-state index in [9.17, 15) is 8.42 Å². The Morgan fingerprint density at radius 3 is 2.67 bits per heavy atom. The van der Waals surface area contributed by atoms with Crippen molar-refractivity contribution in [2.45, 2.75) is 43.9 Å². The molecule has 5 heteroatoms. The highest BCUT2D eigenvalue weighted by molar-refractivity contribution is 14.1. The molecule has 1 aliphatic carbocycles. The first-order chi connectivity index (χ1) is 9.93. The molecule has 2 rings (SSSR count). The minimum absolute atomic E-state index is 0.168. The molecule has 0 aromatic heterocycles. The van der Waals surface area contributed by atoms with Gasteiger partial charge in [-0.15, -0.1) is 0 Å². The molecule has 0 heterocycles. The summed E-state index contributed by atoms with van der Waals surface area (Å²) in [5.74, 6) is 0.398. The summed E-state index contributed by atoms with van der Waals surface area (Å²) < 4.78 is 25.0. The van der Waals surface area contributed by atoms with Crippen molar-refractivity contribution in [3.8, 4) is 0 Å². The highest BCUT2D eigenvalue weighted by Gasteiger charge is 2.33. The summed E-state index contributed by atoms with van der Waals surface area (Å²) in [6.45, 7) is 3.01. The molecule has 0 spiro atoms. The van der Waals surface area contributed by atoms with E-state index < -0.39 is 9.84 Å². The molecule has 1 saturated carbocycles. The molecular formula is C16H24INO2S. The number of rotatable bonds is 5. The van der Waals surface area contributed by atoms with Gasteiger partial charge in [0.2, 0.25) is 0 Å². The molecule has 3 nitrogen and oxygen atoms in total. The van der Waals surface area contributed by atoms with Crippen LogP contribution in [0, 0.1) is 9.49 Å². The predicted molar refractivity (Wildman–Crippen MR) is 96.2 cm³/mol. The fourth-order valence-electron chi connectivity index (χ4n) is 3.35. The van der Waals surface area contributed by atoms with Gasteiger partial charge in [-0.25, -0.2) is 8.42 Å². The van der Waals surface area contributed by atoms with Crippen molar-refractivity contribution < 1.29 is 8.42 Å². The van der Waals surface area contributed by atoms with Gasteiger partial charge in [-0.2, -0.15) is 0 Å². The van der Waals surface area contributed by atoms with E-state index in [1.54, 1.807) is 0 Å². The van der Waals surface area contributed by atoms with Crippen LogP contribution in [0.5, 0.6) is 0 Å². The van der Waals surface area contributed by atoms with E-state index in [4.69, 9.17) is 0 Å². The van der Waals surface area contributed by atoms with Crippen LogP contribution in [0.3, 0.4) is 0 Å². The molecule has 0 radical (unpaired) electrons. The van der Waals surface area contributed by atoms with Crippen LogP contribution in [0.25, 0.3) is 0 Å². The van der Waals surface area contributed by atoms with Crippen molar-refractivity contribution in [1.82, 2.24) is 5.32 Å². The van der Waals surface area contributed by atoms with Gasteiger partial charge < -0.3 is 5.32 Å². The molecule has 21 heavy (non-hydrogen) atoms. The molecule has 0 saturated heterocycles. The second-order valence-corrected chi connectivity index (χ2v) is 9.42. The van der Waals surface area contributed by atoms with Gasteiger partial charge in [0.15, 0.2) is 0 Å². The number of benzene rings is 1. The monoisotopic (exact) mass is 421 g/mol. The maximum Gasteiger partial charge on any atom is 0.150 e. The predicted octanol–water partition coefficient (Wildman–Crippen LogP) is 3.55. The van der Waals surface area contributed by atoms with E-state index in [1.807, 2.05) is 0 Å². The normalized spacial score (nSPS) is 24.7. The molecule has 1 aromatic carbocycles. The van der Waals surface area contributed by atoms with Crippen LogP contribution in [0.4, 0.5) is 0 Å². The molecule has 3 atom stereocenters. The first-order valence-electron chi connectivity index (χ1n) is 7.60. The lowest BCUT2D eigenvalue weighted by atomic mass is 9.81. The topological polar surface area (TPSA) is 46.2 Å². The summed E-state index contributed by atoms with van der Waals surface area (Å²) in [6, 6.07) is 8.66. The summed E-state index contributed by atoms with van der Waals surface area (Å²) in [5.41, 5.74) is 1.30. The minimum atomic E-state index is -2.93. The summed E-state index contributed by atoms with van der Waals surface area (Å²) >= 11 is 2.37. The average Bonchev–Trinajstić information content (AvgIpc) is 2.45. The number of hydrogen-bond acceptors (Lipinski definition) is 3. The molecule has 0 bridgehead atoms. The molecule has 1 aromatic rings. The van der Waals surface area contributed by atoms with Crippen molar-refractivity contribution in [1.29, 1.82) is 0 Å². The summed E-state index contributed by atoms with van der Waals surface area (Å²) in [4.78, 5) is 0. The molecular weight excluding hydrogens is 397 g/mol. The Morgan fingerprint density at radius 2 is 2.05 bits per heavy atom. The number of nitrogens with one attached hydrogen (secondary N) is 1. The number of hydrogen-bond donors (Lipinski definition) is 1. The van der Waals surface area contributed by atoms with Gasteiger partial charge in [0.25, 0.3) is 0 Å². The van der Waals surface area contributed by atoms with Gasteiger partial charge in [-0.1, -0.05) is 31.5 Å². The summed E-state index contributed by atoms with van der Waals surface area (Å²) in [6.07, 6.45) is 5.10. The van der Waals surface area contributed by atoms with Gasteiger partial charge in [-0.05, 0) is 65.9 Å². The molecule has 0 aliphatic heterocycles. The highest BCUT2D eigenvalue weighted by atomic mass is 127. The van der Waals surface area contributed by atoms with Crippen molar-refractivity contribution in [3.05, 3.63) is 33.4 Å². The molecule has 3 unspecified atom stereocenters. The van der Waals surface area contributed by atoms with Crippen LogP contribution < -0.4 is 5.32 Å². The van der Waals surface area contributed by atoms with Crippen LogP contribution >= 0.6 is 22.6 Å². The van der Waals surface area contributed by atoms with Gasteiger partial charge in [0.05, 0.1) is 5.25 Å². The fraction of sp³-hybridized carbons (Fsp3) is 0.625. The molecule has 1 aliphatic rings. The van der Waals surface area contributed by atoms with Crippen molar-refractivity contribution in [3.63, 3.8) is 0 Å². The lowest BCUT2D eigenvalue weighted by Gasteiger charge is -2.35. The Hall–Kier alpha value is -0.140. The van der Waals surface area contributed by atoms with E-state index in [0.29, 0.717) is 5.92 Å². The van der Waals surface area contributed by atoms with Crippen LogP contribution in [0.1, 0.15) is 44.2 Å². The van der Waals surface area contributed by atoms with E-state index in [1.165, 1.54) is 15.4 Å². The van der Waals surface area contributed by atoms with E-state index in [0.717, 1.165) is 32.2 Å². The van der Waals surface area contributed by atoms with Gasteiger partial charge in [-0.3, -0.25) is 0 Å². The van der Waals surface area contributed by atoms with Gasteiger partial charge in [0, 0.05) is 15.9 Å². The lowest BCUT2D eigenvalue weighted by Crippen LogP contribution is -2.35. The third kappa shape index (κ3) is 4.42. The molecule has 1 fully saturated rings. The van der Waals surface area contributed by atoms with E-state index in [2.05, 4.69) is 59.1 Å². The first-order valence-corrected chi connectivity index (χ1v) is 10.6. The van der Waals surface area contributed by atoms with E-state index >= 15 is 0 Å². The maximum absolute atomic E-state index is 11.9. The SMILES string of the molecule is CCNC(c1ccccc1I)C1CCCC(S(C)(=O)=O)C1. The van der Waals surface area contributed by atoms with Crippen LogP contribution in [-0.2, 0) is 9.84 Å². The van der Waals surface area contributed by atoms with Crippen LogP contribution in [-0.4, -0.2) is 26.5 Å². The fourth-order valence-corrected chi connectivity index (χ4v) is 5.26. The average molecular weight is 421 g/mol. The Balaban J connectivity index is 2.24. The van der Waals surface area contributed by atoms with Crippen molar-refractivity contribution in [2.24, 2.45) is 5.92 Å². The van der Waals surface area contributed by atoms with Crippen molar-refractivity contribution in [2.75, 3.05) is 12.8 Å². The Labute approximate surface area is 142 Å². The minimum Gasteiger partial charge on any atom is -0.310 e. The quantitative estimate of drug-likeness (QED) is 0.740. The second-order valence-electron chi connectivity index (χ2n) is 5.94. The van der Waals surface area contributed by atoms with Crippen LogP contribution in [0.15, 0.2) is 24.3 Å². The molecule has 1 N–H and O–H groups in total. The highest BCUT2D eigenvalue weighted by Crippen LogP contribution is 2.38. The van der Waals surface area contributed by atoms with Crippen molar-refractivity contribution >= 4 is 32.4 Å². The van der Waals surface area contributed by atoms with Crippen LogP contribution in [0.2, 0.25) is 0 Å². The smallest absolute Gasteiger partial charge is 0.150 e. The Kier molecular flexibility index (Phi) is 6.08. The maximum atomic E-state index is 11.9. The molecule has 118 valence electrons. The standard InChI is InChI=1S/C16H24INO2S/c1-3-18-16(14-9-4-5-10-15(14)17)12-7-6-8-13(11-12)21(2,19)20/h4-5,9-10,12-13,16,18H,3,6-8,11H2,1-2H3. The zero-order valence-electron chi connectivity index (χ0n) is 12.7. The summed E-state index contributed by atoms with van der Waals surface area (Å²) in [5, 5.41) is 3.41. The van der Waals surface area contributed by atoms with Gasteiger partial charge >= 0.3 is 0 Å². The third-order valence-electron chi connectivity index (χ3n) is 4.41. The zero-order valence-corrected chi connectivity index (χ0v) is 15.7. The zero-order chi connectivity index (χ0) is 15.5. The summed E-state index contributed by atoms with van der Waals surface area (Å²) in [7, 11) is -2.93.